The second-order valence-electron chi connectivity index (χ2n) is 5.74. The Hall–Kier alpha value is -2.91. The van der Waals surface area contributed by atoms with E-state index >= 15 is 0 Å². The number of fused-ring (bicyclic) bond motifs is 3. The summed E-state index contributed by atoms with van der Waals surface area (Å²) in [4.78, 5) is 5.67. The molecule has 6 heteroatoms. The van der Waals surface area contributed by atoms with Gasteiger partial charge in [-0.25, -0.2) is 0 Å². The first kappa shape index (κ1) is 15.6. The van der Waals surface area contributed by atoms with Crippen LogP contribution in [0.4, 0.5) is 11.4 Å². The molecule has 0 unspecified atom stereocenters. The summed E-state index contributed by atoms with van der Waals surface area (Å²) in [6, 6.07) is 11.2. The third kappa shape index (κ3) is 2.73. The minimum atomic E-state index is 0.0968. The van der Waals surface area contributed by atoms with E-state index in [1.807, 2.05) is 17.8 Å². The van der Waals surface area contributed by atoms with Crippen molar-refractivity contribution in [1.82, 2.24) is 4.98 Å². The van der Waals surface area contributed by atoms with Gasteiger partial charge < -0.3 is 15.2 Å². The van der Waals surface area contributed by atoms with Crippen LogP contribution in [-0.4, -0.2) is 23.0 Å². The first-order chi connectivity index (χ1) is 12.2. The van der Waals surface area contributed by atoms with E-state index in [2.05, 4.69) is 22.4 Å². The van der Waals surface area contributed by atoms with Crippen molar-refractivity contribution in [1.29, 1.82) is 5.26 Å². The van der Waals surface area contributed by atoms with Crippen LogP contribution in [0.3, 0.4) is 0 Å². The van der Waals surface area contributed by atoms with Gasteiger partial charge in [0.05, 0.1) is 23.9 Å². The van der Waals surface area contributed by atoms with Crippen molar-refractivity contribution in [3.63, 3.8) is 0 Å². The molecule has 5 nitrogen and oxygen atoms in total. The van der Waals surface area contributed by atoms with Gasteiger partial charge in [-0.2, -0.15) is 5.26 Å². The maximum atomic E-state index is 9.90. The van der Waals surface area contributed by atoms with Crippen LogP contribution >= 0.6 is 11.8 Å². The zero-order valence-corrected chi connectivity index (χ0v) is 14.4. The number of phenolic OH excluding ortho intramolecular Hbond substituents is 1. The van der Waals surface area contributed by atoms with Gasteiger partial charge in [-0.15, -0.1) is 11.8 Å². The molecule has 1 aliphatic heterocycles. The summed E-state index contributed by atoms with van der Waals surface area (Å²) in [5.41, 5.74) is 3.93. The van der Waals surface area contributed by atoms with Crippen molar-refractivity contribution in [2.24, 2.45) is 0 Å². The number of thioether (sulfide) groups is 1. The van der Waals surface area contributed by atoms with E-state index in [-0.39, 0.29) is 5.75 Å². The largest absolute Gasteiger partial charge is 0.508 e. The van der Waals surface area contributed by atoms with Gasteiger partial charge >= 0.3 is 0 Å². The first-order valence-electron chi connectivity index (χ1n) is 7.82. The molecule has 0 amide bonds. The lowest BCUT2D eigenvalue weighted by Gasteiger charge is -2.15. The Morgan fingerprint density at radius 3 is 3.00 bits per heavy atom. The summed E-state index contributed by atoms with van der Waals surface area (Å²) in [6.45, 7) is 0. The molecule has 25 heavy (non-hydrogen) atoms. The predicted molar refractivity (Wildman–Crippen MR) is 98.8 cm³/mol. The van der Waals surface area contributed by atoms with E-state index in [1.54, 1.807) is 25.4 Å². The third-order valence-electron chi connectivity index (χ3n) is 4.23. The summed E-state index contributed by atoms with van der Waals surface area (Å²) < 4.78 is 5.21. The fourth-order valence-corrected chi connectivity index (χ4v) is 4.18. The van der Waals surface area contributed by atoms with Crippen molar-refractivity contribution in [2.75, 3.05) is 18.2 Å². The number of pyridine rings is 1. The molecule has 2 heterocycles. The Morgan fingerprint density at radius 2 is 2.20 bits per heavy atom. The number of rotatable bonds is 3. The Labute approximate surface area is 149 Å². The van der Waals surface area contributed by atoms with Gasteiger partial charge in [0.2, 0.25) is 0 Å². The lowest BCUT2D eigenvalue weighted by molar-refractivity contribution is 0.408. The van der Waals surface area contributed by atoms with Crippen LogP contribution in [0.1, 0.15) is 11.1 Å². The van der Waals surface area contributed by atoms with Gasteiger partial charge in [-0.05, 0) is 24.1 Å². The number of hydrogen-bond acceptors (Lipinski definition) is 6. The van der Waals surface area contributed by atoms with Crippen molar-refractivity contribution in [3.05, 3.63) is 47.7 Å². The molecule has 2 N–H and O–H groups in total. The molecule has 0 aliphatic carbocycles. The Morgan fingerprint density at radius 1 is 1.32 bits per heavy atom. The predicted octanol–water partition coefficient (Wildman–Crippen LogP) is 4.21. The van der Waals surface area contributed by atoms with E-state index in [1.165, 1.54) is 16.5 Å². The molecule has 0 fully saturated rings. The lowest BCUT2D eigenvalue weighted by atomic mass is 10.0. The number of methoxy groups -OCH3 is 1. The van der Waals surface area contributed by atoms with E-state index in [0.717, 1.165) is 28.8 Å². The van der Waals surface area contributed by atoms with Gasteiger partial charge in [-0.3, -0.25) is 4.98 Å². The maximum Gasteiger partial charge on any atom is 0.124 e. The number of aromatic hydroxyl groups is 1. The summed E-state index contributed by atoms with van der Waals surface area (Å²) in [7, 11) is 1.55. The van der Waals surface area contributed by atoms with Crippen LogP contribution in [0.25, 0.3) is 10.9 Å². The molecule has 1 aliphatic rings. The van der Waals surface area contributed by atoms with Crippen molar-refractivity contribution < 1.29 is 9.84 Å². The Balaban J connectivity index is 1.93. The van der Waals surface area contributed by atoms with E-state index in [9.17, 15) is 10.4 Å². The second-order valence-corrected chi connectivity index (χ2v) is 6.87. The number of anilines is 2. The monoisotopic (exact) mass is 349 g/mol. The van der Waals surface area contributed by atoms with E-state index < -0.39 is 0 Å². The van der Waals surface area contributed by atoms with Crippen LogP contribution in [0.5, 0.6) is 11.5 Å². The highest BCUT2D eigenvalue weighted by atomic mass is 32.2. The number of aryl methyl sites for hydroxylation is 1. The van der Waals surface area contributed by atoms with E-state index in [0.29, 0.717) is 17.0 Å². The average Bonchev–Trinajstić information content (AvgIpc) is 3.10. The third-order valence-corrected chi connectivity index (χ3v) is 5.33. The van der Waals surface area contributed by atoms with Crippen LogP contribution in [0.15, 0.2) is 41.4 Å². The van der Waals surface area contributed by atoms with Gasteiger partial charge in [0.15, 0.2) is 0 Å². The van der Waals surface area contributed by atoms with Crippen LogP contribution < -0.4 is 10.1 Å². The highest BCUT2D eigenvalue weighted by Crippen LogP contribution is 2.41. The molecule has 0 saturated carbocycles. The number of phenols is 1. The zero-order chi connectivity index (χ0) is 17.4. The molecule has 0 atom stereocenters. The zero-order valence-electron chi connectivity index (χ0n) is 13.5. The summed E-state index contributed by atoms with van der Waals surface area (Å²) in [5, 5.41) is 23.7. The summed E-state index contributed by atoms with van der Waals surface area (Å²) >= 11 is 1.82. The van der Waals surface area contributed by atoms with Gasteiger partial charge in [0.25, 0.3) is 0 Å². The molecule has 124 valence electrons. The highest BCUT2D eigenvalue weighted by Gasteiger charge is 2.20. The SMILES string of the molecule is COc1cc(O)cc(Nc2c(C#N)cnc3ccc4c(c23)CCS4)c1. The molecule has 3 aromatic rings. The number of nitriles is 1. The molecule has 2 aromatic carbocycles. The molecule has 0 spiro atoms. The fraction of sp³-hybridized carbons (Fsp3) is 0.158. The quantitative estimate of drug-likeness (QED) is 0.737. The highest BCUT2D eigenvalue weighted by molar-refractivity contribution is 7.99. The molecule has 0 bridgehead atoms. The number of nitrogens with zero attached hydrogens (tertiary/aromatic N) is 2. The van der Waals surface area contributed by atoms with Crippen LogP contribution in [-0.2, 0) is 6.42 Å². The molecule has 0 radical (unpaired) electrons. The smallest absolute Gasteiger partial charge is 0.124 e. The van der Waals surface area contributed by atoms with Gasteiger partial charge in [0, 0.05) is 46.1 Å². The van der Waals surface area contributed by atoms with Crippen molar-refractivity contribution >= 4 is 34.0 Å². The maximum absolute atomic E-state index is 9.90. The minimum absolute atomic E-state index is 0.0968. The Bertz CT molecular complexity index is 1030. The molecular formula is C19H15N3O2S. The average molecular weight is 349 g/mol. The van der Waals surface area contributed by atoms with Crippen LogP contribution in [0, 0.1) is 11.3 Å². The minimum Gasteiger partial charge on any atom is -0.508 e. The molecule has 1 aromatic heterocycles. The Kier molecular flexibility index (Phi) is 3.86. The summed E-state index contributed by atoms with van der Waals surface area (Å²) in [5.74, 6) is 1.67. The normalized spacial score (nSPS) is 12.6. The topological polar surface area (TPSA) is 78.2 Å². The van der Waals surface area contributed by atoms with Crippen molar-refractivity contribution in [3.8, 4) is 17.6 Å². The van der Waals surface area contributed by atoms with E-state index in [4.69, 9.17) is 4.74 Å². The second kappa shape index (κ2) is 6.19. The lowest BCUT2D eigenvalue weighted by Crippen LogP contribution is -1.99. The molecule has 4 rings (SSSR count). The van der Waals surface area contributed by atoms with Crippen molar-refractivity contribution in [2.45, 2.75) is 11.3 Å². The standard InChI is InChI=1S/C19H15N3O2S/c1-24-14-7-12(6-13(23)8-14)22-19-11(9-20)10-21-16-2-3-17-15(18(16)19)4-5-25-17/h2-3,6-8,10,23H,4-5H2,1H3,(H,21,22). The van der Waals surface area contributed by atoms with Gasteiger partial charge in [0.1, 0.15) is 17.6 Å². The number of aromatic nitrogens is 1. The number of ether oxygens (including phenoxy) is 1. The first-order valence-corrected chi connectivity index (χ1v) is 8.80. The fourth-order valence-electron chi connectivity index (χ4n) is 3.11. The molecular weight excluding hydrogens is 334 g/mol. The van der Waals surface area contributed by atoms with Gasteiger partial charge in [-0.1, -0.05) is 0 Å². The molecule has 0 saturated heterocycles. The number of nitrogens with one attached hydrogen (secondary N) is 1. The number of benzene rings is 2. The summed E-state index contributed by atoms with van der Waals surface area (Å²) in [6.07, 6.45) is 2.53. The number of hydrogen-bond donors (Lipinski definition) is 2. The van der Waals surface area contributed by atoms with Crippen LogP contribution in [0.2, 0.25) is 0 Å².